The first kappa shape index (κ1) is 22.5. The zero-order valence-electron chi connectivity index (χ0n) is 18.6. The largest absolute Gasteiger partial charge is 0.322 e. The topological polar surface area (TPSA) is 80.9 Å². The fourth-order valence-electron chi connectivity index (χ4n) is 3.92. The minimum absolute atomic E-state index is 0.138. The van der Waals surface area contributed by atoms with Gasteiger partial charge < -0.3 is 5.32 Å². The fourth-order valence-corrected chi connectivity index (χ4v) is 4.69. The van der Waals surface area contributed by atoms with E-state index in [0.717, 1.165) is 41.7 Å². The first-order valence-corrected chi connectivity index (χ1v) is 11.8. The Morgan fingerprint density at radius 3 is 2.50 bits per heavy atom. The van der Waals surface area contributed by atoms with Crippen LogP contribution >= 0.6 is 11.8 Å². The molecule has 0 spiro atoms. The Kier molecular flexibility index (Phi) is 6.90. The van der Waals surface area contributed by atoms with Crippen LogP contribution < -0.4 is 5.32 Å². The molecular formula is C22H28FN7OS. The van der Waals surface area contributed by atoms with Gasteiger partial charge in [0.15, 0.2) is 11.0 Å². The number of hydrogen-bond donors (Lipinski definition) is 1. The van der Waals surface area contributed by atoms with E-state index in [1.54, 1.807) is 16.8 Å². The Balaban J connectivity index is 1.52. The molecule has 0 unspecified atom stereocenters. The fraction of sp³-hybridized carbons (Fsp3) is 0.455. The first-order chi connectivity index (χ1) is 15.4. The van der Waals surface area contributed by atoms with Gasteiger partial charge in [0.25, 0.3) is 0 Å². The molecule has 1 aromatic carbocycles. The van der Waals surface area contributed by atoms with Crippen molar-refractivity contribution in [1.82, 2.24) is 29.4 Å². The minimum atomic E-state index is -0.296. The minimum Gasteiger partial charge on any atom is -0.322 e. The third-order valence-electron chi connectivity index (χ3n) is 5.70. The Bertz CT molecular complexity index is 1090. The van der Waals surface area contributed by atoms with Gasteiger partial charge in [0.2, 0.25) is 5.91 Å². The molecule has 1 aliphatic rings. The molecule has 1 fully saturated rings. The Labute approximate surface area is 191 Å². The van der Waals surface area contributed by atoms with Crippen LogP contribution in [0.2, 0.25) is 0 Å². The Hall–Kier alpha value is -2.72. The smallest absolute Gasteiger partial charge is 0.234 e. The summed E-state index contributed by atoms with van der Waals surface area (Å²) >= 11 is 1.31. The van der Waals surface area contributed by atoms with Crippen molar-refractivity contribution in [2.75, 3.05) is 24.2 Å². The van der Waals surface area contributed by atoms with Crippen molar-refractivity contribution in [3.63, 3.8) is 0 Å². The summed E-state index contributed by atoms with van der Waals surface area (Å²) in [5.74, 6) is 0.535. The predicted molar refractivity (Wildman–Crippen MR) is 122 cm³/mol. The number of carbonyl (C=O) groups is 1. The average Bonchev–Trinajstić information content (AvgIpc) is 3.29. The van der Waals surface area contributed by atoms with E-state index in [1.165, 1.54) is 43.2 Å². The van der Waals surface area contributed by atoms with Crippen LogP contribution in [0.4, 0.5) is 10.1 Å². The average molecular weight is 458 g/mol. The van der Waals surface area contributed by atoms with Crippen molar-refractivity contribution < 1.29 is 9.18 Å². The van der Waals surface area contributed by atoms with E-state index >= 15 is 0 Å². The van der Waals surface area contributed by atoms with Gasteiger partial charge in [-0.05, 0) is 64.0 Å². The number of carbonyl (C=O) groups excluding carboxylic acids is 1. The molecule has 0 radical (unpaired) electrons. The van der Waals surface area contributed by atoms with Crippen molar-refractivity contribution in [3.05, 3.63) is 47.3 Å². The van der Waals surface area contributed by atoms with Crippen LogP contribution in [0, 0.1) is 19.7 Å². The van der Waals surface area contributed by atoms with Gasteiger partial charge in [-0.1, -0.05) is 18.2 Å². The van der Waals surface area contributed by atoms with Gasteiger partial charge in [-0.3, -0.25) is 18.9 Å². The van der Waals surface area contributed by atoms with E-state index in [-0.39, 0.29) is 17.5 Å². The zero-order valence-corrected chi connectivity index (χ0v) is 19.5. The number of likely N-dealkylation sites (tertiary alicyclic amines) is 1. The number of nitrogens with zero attached hydrogens (tertiary/aromatic N) is 6. The highest BCUT2D eigenvalue weighted by Gasteiger charge is 2.20. The highest BCUT2D eigenvalue weighted by atomic mass is 32.2. The summed E-state index contributed by atoms with van der Waals surface area (Å²) in [5, 5.41) is 16.7. The third-order valence-corrected chi connectivity index (χ3v) is 6.63. The molecule has 2 aromatic heterocycles. The summed E-state index contributed by atoms with van der Waals surface area (Å²) in [6.45, 7) is 6.52. The summed E-state index contributed by atoms with van der Waals surface area (Å²) in [6.07, 6.45) is 3.62. The molecule has 0 aliphatic carbocycles. The van der Waals surface area contributed by atoms with Crippen molar-refractivity contribution in [2.24, 2.45) is 7.05 Å². The van der Waals surface area contributed by atoms with Gasteiger partial charge in [0.1, 0.15) is 5.82 Å². The standard InChI is InChI=1S/C22H28FN7OS/c1-15-21(16(2)28(3)27-15)24-20(31)14-32-22-26-25-19(13-29-11-5-4-6-12-29)30(22)18-9-7-17(23)8-10-18/h7-10H,4-6,11-14H2,1-3H3,(H,24,31). The van der Waals surface area contributed by atoms with Crippen LogP contribution in [0.3, 0.4) is 0 Å². The number of aryl methyl sites for hydroxylation is 2. The second-order valence-electron chi connectivity index (χ2n) is 8.05. The number of halogens is 1. The maximum absolute atomic E-state index is 13.5. The van der Waals surface area contributed by atoms with Gasteiger partial charge in [-0.25, -0.2) is 4.39 Å². The number of rotatable bonds is 7. The lowest BCUT2D eigenvalue weighted by Gasteiger charge is -2.26. The molecule has 0 saturated carbocycles. The highest BCUT2D eigenvalue weighted by molar-refractivity contribution is 7.99. The highest BCUT2D eigenvalue weighted by Crippen LogP contribution is 2.25. The molecule has 8 nitrogen and oxygen atoms in total. The number of hydrogen-bond acceptors (Lipinski definition) is 6. The normalized spacial score (nSPS) is 14.6. The molecule has 0 bridgehead atoms. The Morgan fingerprint density at radius 1 is 1.12 bits per heavy atom. The van der Waals surface area contributed by atoms with Crippen molar-refractivity contribution >= 4 is 23.4 Å². The van der Waals surface area contributed by atoms with Gasteiger partial charge >= 0.3 is 0 Å². The molecule has 32 heavy (non-hydrogen) atoms. The van der Waals surface area contributed by atoms with Gasteiger partial charge in [0, 0.05) is 12.7 Å². The van der Waals surface area contributed by atoms with Crippen molar-refractivity contribution in [3.8, 4) is 5.69 Å². The summed E-state index contributed by atoms with van der Waals surface area (Å²) in [4.78, 5) is 15.0. The van der Waals surface area contributed by atoms with Crippen LogP contribution in [-0.4, -0.2) is 54.2 Å². The molecule has 4 rings (SSSR count). The molecule has 170 valence electrons. The monoisotopic (exact) mass is 457 g/mol. The predicted octanol–water partition coefficient (Wildman–Crippen LogP) is 3.47. The SMILES string of the molecule is Cc1nn(C)c(C)c1NC(=O)CSc1nnc(CN2CCCCC2)n1-c1ccc(F)cc1. The van der Waals surface area contributed by atoms with Crippen LogP contribution in [0.5, 0.6) is 0 Å². The zero-order chi connectivity index (χ0) is 22.7. The van der Waals surface area contributed by atoms with Crippen molar-refractivity contribution in [2.45, 2.75) is 44.8 Å². The summed E-state index contributed by atoms with van der Waals surface area (Å²) in [7, 11) is 1.85. The summed E-state index contributed by atoms with van der Waals surface area (Å²) in [6, 6.07) is 6.28. The van der Waals surface area contributed by atoms with Gasteiger partial charge in [-0.15, -0.1) is 10.2 Å². The summed E-state index contributed by atoms with van der Waals surface area (Å²) < 4.78 is 17.2. The molecular weight excluding hydrogens is 429 g/mol. The molecule has 3 aromatic rings. The number of thioether (sulfide) groups is 1. The number of amides is 1. The lowest BCUT2D eigenvalue weighted by molar-refractivity contribution is -0.113. The Morgan fingerprint density at radius 2 is 1.84 bits per heavy atom. The van der Waals surface area contributed by atoms with E-state index in [1.807, 2.05) is 25.5 Å². The van der Waals surface area contributed by atoms with Crippen LogP contribution in [0.1, 0.15) is 36.5 Å². The maximum Gasteiger partial charge on any atom is 0.234 e. The molecule has 0 atom stereocenters. The van der Waals surface area contributed by atoms with Gasteiger partial charge in [-0.2, -0.15) is 5.10 Å². The van der Waals surface area contributed by atoms with E-state index in [4.69, 9.17) is 0 Å². The molecule has 1 saturated heterocycles. The maximum atomic E-state index is 13.5. The number of benzene rings is 1. The van der Waals surface area contributed by atoms with E-state index in [0.29, 0.717) is 11.7 Å². The number of piperidine rings is 1. The number of nitrogens with one attached hydrogen (secondary N) is 1. The summed E-state index contributed by atoms with van der Waals surface area (Å²) in [5.41, 5.74) is 3.20. The molecule has 1 aliphatic heterocycles. The van der Waals surface area contributed by atoms with E-state index in [9.17, 15) is 9.18 Å². The van der Waals surface area contributed by atoms with Gasteiger partial charge in [0.05, 0.1) is 29.4 Å². The lowest BCUT2D eigenvalue weighted by atomic mass is 10.1. The number of anilines is 1. The van der Waals surface area contributed by atoms with Crippen LogP contribution in [-0.2, 0) is 18.4 Å². The number of aromatic nitrogens is 5. The third kappa shape index (κ3) is 5.02. The lowest BCUT2D eigenvalue weighted by Crippen LogP contribution is -2.30. The van der Waals surface area contributed by atoms with Crippen LogP contribution in [0.15, 0.2) is 29.4 Å². The first-order valence-electron chi connectivity index (χ1n) is 10.8. The second-order valence-corrected chi connectivity index (χ2v) is 9.00. The van der Waals surface area contributed by atoms with Crippen LogP contribution in [0.25, 0.3) is 5.69 Å². The quantitative estimate of drug-likeness (QED) is 0.547. The van der Waals surface area contributed by atoms with E-state index in [2.05, 4.69) is 25.5 Å². The van der Waals surface area contributed by atoms with E-state index < -0.39 is 0 Å². The molecule has 1 N–H and O–H groups in total. The molecule has 10 heteroatoms. The van der Waals surface area contributed by atoms with Crippen molar-refractivity contribution in [1.29, 1.82) is 0 Å². The molecule has 1 amide bonds. The molecule has 3 heterocycles. The second kappa shape index (κ2) is 9.83.